The van der Waals surface area contributed by atoms with E-state index < -0.39 is 0 Å². The average Bonchev–Trinajstić information content (AvgIpc) is 2.78. The lowest BCUT2D eigenvalue weighted by Crippen LogP contribution is -2.50. The number of carbonyl (C=O) groups is 1. The summed E-state index contributed by atoms with van der Waals surface area (Å²) in [6.45, 7) is 1.80. The summed E-state index contributed by atoms with van der Waals surface area (Å²) >= 11 is 0. The maximum Gasteiger partial charge on any atom is 0.254 e. The third kappa shape index (κ3) is 2.67. The van der Waals surface area contributed by atoms with Crippen LogP contribution in [-0.2, 0) is 9.53 Å². The number of nitrogens with zero attached hydrogens (tertiary/aromatic N) is 2. The van der Waals surface area contributed by atoms with Gasteiger partial charge in [-0.2, -0.15) is 4.98 Å². The van der Waals surface area contributed by atoms with Gasteiger partial charge in [0.15, 0.2) is 0 Å². The normalized spacial score (nSPS) is 22.8. The molecule has 7 heteroatoms. The molecular formula is C13H17N3O4. The molecule has 2 N–H and O–H groups in total. The number of amides is 1. The highest BCUT2D eigenvalue weighted by atomic mass is 16.5. The summed E-state index contributed by atoms with van der Waals surface area (Å²) in [6.07, 6.45) is 2.45. The van der Waals surface area contributed by atoms with E-state index in [9.17, 15) is 14.7 Å². The molecule has 0 bridgehead atoms. The van der Waals surface area contributed by atoms with Crippen LogP contribution < -0.4 is 5.56 Å². The van der Waals surface area contributed by atoms with Crippen LogP contribution in [0.2, 0.25) is 0 Å². The fraction of sp³-hybridized carbons (Fsp3) is 0.615. The molecule has 20 heavy (non-hydrogen) atoms. The summed E-state index contributed by atoms with van der Waals surface area (Å²) in [5.74, 6) is 0.225. The van der Waals surface area contributed by atoms with Gasteiger partial charge < -0.3 is 19.7 Å². The zero-order chi connectivity index (χ0) is 14.1. The maximum atomic E-state index is 12.0. The van der Waals surface area contributed by atoms with Crippen LogP contribution in [-0.4, -0.2) is 51.7 Å². The number of carbonyl (C=O) groups excluding carboxylic acids is 1. The molecule has 1 aromatic heterocycles. The summed E-state index contributed by atoms with van der Waals surface area (Å²) < 4.78 is 5.44. The number of aromatic amines is 1. The molecule has 1 unspecified atom stereocenters. The lowest BCUT2D eigenvalue weighted by Gasteiger charge is -2.38. The minimum absolute atomic E-state index is 0.0109. The third-order valence-corrected chi connectivity index (χ3v) is 3.79. The van der Waals surface area contributed by atoms with E-state index in [1.54, 1.807) is 4.90 Å². The van der Waals surface area contributed by atoms with Crippen molar-refractivity contribution in [3.8, 4) is 5.88 Å². The molecule has 2 aliphatic rings. The zero-order valence-electron chi connectivity index (χ0n) is 11.0. The molecule has 3 rings (SSSR count). The molecule has 108 valence electrons. The molecule has 0 spiro atoms. The fourth-order valence-corrected chi connectivity index (χ4v) is 2.64. The number of H-pyrrole nitrogens is 1. The summed E-state index contributed by atoms with van der Waals surface area (Å²) in [6, 6.07) is 1.03. The van der Waals surface area contributed by atoms with Crippen LogP contribution in [0.1, 0.15) is 31.0 Å². The number of ether oxygens (including phenoxy) is 1. The standard InChI is InChI=1S/C13H17N3O4/c17-10-5-11(18)15-13(14-10)8-6-16(7-8)12(19)4-9-2-1-3-20-9/h5,8-9H,1-4,6-7H2,(H2,14,15,17,18). The number of aromatic nitrogens is 2. The van der Waals surface area contributed by atoms with E-state index in [2.05, 4.69) is 9.97 Å². The molecule has 0 saturated carbocycles. The van der Waals surface area contributed by atoms with Gasteiger partial charge in [-0.25, -0.2) is 0 Å². The number of hydrogen-bond donors (Lipinski definition) is 2. The summed E-state index contributed by atoms with van der Waals surface area (Å²) in [5, 5.41) is 9.30. The smallest absolute Gasteiger partial charge is 0.254 e. The Bertz CT molecular complexity index is 559. The molecule has 2 aliphatic heterocycles. The predicted octanol–water partition coefficient (Wildman–Crippen LogP) is -0.0296. The Balaban J connectivity index is 1.55. The first-order valence-electron chi connectivity index (χ1n) is 6.81. The van der Waals surface area contributed by atoms with Crippen molar-refractivity contribution >= 4 is 5.91 Å². The van der Waals surface area contributed by atoms with Crippen molar-refractivity contribution in [1.82, 2.24) is 14.9 Å². The molecule has 2 saturated heterocycles. The van der Waals surface area contributed by atoms with E-state index in [1.165, 1.54) is 0 Å². The number of rotatable bonds is 3. The largest absolute Gasteiger partial charge is 0.493 e. The zero-order valence-corrected chi connectivity index (χ0v) is 11.0. The van der Waals surface area contributed by atoms with Gasteiger partial charge in [0, 0.05) is 19.7 Å². The van der Waals surface area contributed by atoms with Crippen molar-refractivity contribution in [3.63, 3.8) is 0 Å². The number of likely N-dealkylation sites (tertiary alicyclic amines) is 1. The Kier molecular flexibility index (Phi) is 3.43. The van der Waals surface area contributed by atoms with Crippen molar-refractivity contribution in [2.24, 2.45) is 0 Å². The van der Waals surface area contributed by atoms with Gasteiger partial charge in [-0.1, -0.05) is 0 Å². The quantitative estimate of drug-likeness (QED) is 0.810. The van der Waals surface area contributed by atoms with Crippen LogP contribution in [0.5, 0.6) is 5.88 Å². The maximum absolute atomic E-state index is 12.0. The number of aromatic hydroxyl groups is 1. The van der Waals surface area contributed by atoms with Crippen LogP contribution in [0.3, 0.4) is 0 Å². The highest BCUT2D eigenvalue weighted by Crippen LogP contribution is 2.26. The van der Waals surface area contributed by atoms with Gasteiger partial charge in [-0.05, 0) is 12.8 Å². The molecule has 3 heterocycles. The average molecular weight is 279 g/mol. The first-order chi connectivity index (χ1) is 9.61. The lowest BCUT2D eigenvalue weighted by molar-refractivity contribution is -0.138. The van der Waals surface area contributed by atoms with E-state index in [-0.39, 0.29) is 29.4 Å². The van der Waals surface area contributed by atoms with Crippen molar-refractivity contribution in [1.29, 1.82) is 0 Å². The van der Waals surface area contributed by atoms with E-state index in [0.717, 1.165) is 25.5 Å². The second-order valence-corrected chi connectivity index (χ2v) is 5.32. The molecule has 7 nitrogen and oxygen atoms in total. The molecule has 1 amide bonds. The Labute approximate surface area is 115 Å². The molecular weight excluding hydrogens is 262 g/mol. The molecule has 2 fully saturated rings. The summed E-state index contributed by atoms with van der Waals surface area (Å²) in [5.41, 5.74) is -0.378. The second kappa shape index (κ2) is 5.24. The van der Waals surface area contributed by atoms with Crippen LogP contribution in [0, 0.1) is 0 Å². The first kappa shape index (κ1) is 13.1. The van der Waals surface area contributed by atoms with Gasteiger partial charge in [-0.15, -0.1) is 0 Å². The monoisotopic (exact) mass is 279 g/mol. The highest BCUT2D eigenvalue weighted by molar-refractivity contribution is 5.77. The van der Waals surface area contributed by atoms with Gasteiger partial charge >= 0.3 is 0 Å². The van der Waals surface area contributed by atoms with Crippen LogP contribution in [0.15, 0.2) is 10.9 Å². The minimum Gasteiger partial charge on any atom is -0.493 e. The number of hydrogen-bond acceptors (Lipinski definition) is 5. The van der Waals surface area contributed by atoms with Crippen molar-refractivity contribution < 1.29 is 14.6 Å². The highest BCUT2D eigenvalue weighted by Gasteiger charge is 2.34. The third-order valence-electron chi connectivity index (χ3n) is 3.79. The van der Waals surface area contributed by atoms with Gasteiger partial charge in [0.25, 0.3) is 5.56 Å². The van der Waals surface area contributed by atoms with Crippen molar-refractivity contribution in [3.05, 3.63) is 22.2 Å². The van der Waals surface area contributed by atoms with E-state index in [4.69, 9.17) is 4.74 Å². The fourth-order valence-electron chi connectivity index (χ4n) is 2.64. The second-order valence-electron chi connectivity index (χ2n) is 5.32. The molecule has 0 radical (unpaired) electrons. The first-order valence-corrected chi connectivity index (χ1v) is 6.81. The Hall–Kier alpha value is -1.89. The van der Waals surface area contributed by atoms with E-state index >= 15 is 0 Å². The van der Waals surface area contributed by atoms with E-state index in [0.29, 0.717) is 25.3 Å². The Morgan fingerprint density at radius 1 is 1.55 bits per heavy atom. The van der Waals surface area contributed by atoms with Crippen molar-refractivity contribution in [2.45, 2.75) is 31.3 Å². The molecule has 0 aromatic carbocycles. The van der Waals surface area contributed by atoms with Crippen molar-refractivity contribution in [2.75, 3.05) is 19.7 Å². The summed E-state index contributed by atoms with van der Waals surface area (Å²) in [4.78, 5) is 31.5. The molecule has 1 aromatic rings. The van der Waals surface area contributed by atoms with Gasteiger partial charge in [0.2, 0.25) is 11.8 Å². The van der Waals surface area contributed by atoms with Crippen LogP contribution in [0.4, 0.5) is 0 Å². The van der Waals surface area contributed by atoms with Gasteiger partial charge in [-0.3, -0.25) is 9.59 Å². The van der Waals surface area contributed by atoms with Gasteiger partial charge in [0.1, 0.15) is 5.82 Å². The topological polar surface area (TPSA) is 95.5 Å². The SMILES string of the molecule is O=C(CC1CCCO1)N1CC(c2nc(O)cc(=O)[nH]2)C1. The lowest BCUT2D eigenvalue weighted by atomic mass is 9.98. The molecule has 1 atom stereocenters. The van der Waals surface area contributed by atoms with Crippen LogP contribution >= 0.6 is 0 Å². The Morgan fingerprint density at radius 2 is 2.35 bits per heavy atom. The Morgan fingerprint density at radius 3 is 3.00 bits per heavy atom. The van der Waals surface area contributed by atoms with Gasteiger partial charge in [0.05, 0.1) is 24.5 Å². The predicted molar refractivity (Wildman–Crippen MR) is 69.4 cm³/mol. The van der Waals surface area contributed by atoms with Crippen LogP contribution in [0.25, 0.3) is 0 Å². The van der Waals surface area contributed by atoms with E-state index in [1.807, 2.05) is 0 Å². The number of nitrogens with one attached hydrogen (secondary N) is 1. The minimum atomic E-state index is -0.378. The summed E-state index contributed by atoms with van der Waals surface area (Å²) in [7, 11) is 0. The molecule has 0 aliphatic carbocycles.